The summed E-state index contributed by atoms with van der Waals surface area (Å²) in [6.45, 7) is 9.59. The summed E-state index contributed by atoms with van der Waals surface area (Å²) in [7, 11) is 0. The number of hydrogen-bond acceptors (Lipinski definition) is 5. The number of hydrogen-bond donors (Lipinski definition) is 1. The molecule has 7 nitrogen and oxygen atoms in total. The molecule has 2 aliphatic rings. The van der Waals surface area contributed by atoms with E-state index in [0.29, 0.717) is 25.3 Å². The van der Waals surface area contributed by atoms with Crippen LogP contribution in [0.5, 0.6) is 0 Å². The molecule has 2 amide bonds. The topological polar surface area (TPSA) is 78.4 Å². The monoisotopic (exact) mass is 373 g/mol. The fourth-order valence-electron chi connectivity index (χ4n) is 3.22. The zero-order chi connectivity index (χ0) is 19.4. The first-order valence-corrected chi connectivity index (χ1v) is 10.1. The van der Waals surface area contributed by atoms with Crippen molar-refractivity contribution in [3.05, 3.63) is 17.8 Å². The number of carbonyl (C=O) groups is 2. The van der Waals surface area contributed by atoms with Crippen molar-refractivity contribution in [1.29, 1.82) is 0 Å². The van der Waals surface area contributed by atoms with Crippen molar-refractivity contribution in [3.63, 3.8) is 0 Å². The van der Waals surface area contributed by atoms with Crippen molar-refractivity contribution in [3.8, 4) is 0 Å². The van der Waals surface area contributed by atoms with Gasteiger partial charge in [0.25, 0.3) is 5.91 Å². The van der Waals surface area contributed by atoms with E-state index in [0.717, 1.165) is 37.7 Å². The maximum atomic E-state index is 12.6. The maximum absolute atomic E-state index is 12.6. The molecule has 1 aliphatic heterocycles. The van der Waals surface area contributed by atoms with Gasteiger partial charge in [-0.2, -0.15) is 0 Å². The molecule has 7 heteroatoms. The molecule has 1 saturated carbocycles. The lowest BCUT2D eigenvalue weighted by atomic mass is 9.88. The third kappa shape index (κ3) is 4.96. The number of rotatable bonds is 7. The molecule has 0 radical (unpaired) electrons. The highest BCUT2D eigenvalue weighted by molar-refractivity contribution is 5.92. The number of piperazine rings is 1. The predicted molar refractivity (Wildman–Crippen MR) is 105 cm³/mol. The van der Waals surface area contributed by atoms with Crippen LogP contribution in [0.25, 0.3) is 0 Å². The second kappa shape index (κ2) is 8.23. The van der Waals surface area contributed by atoms with Crippen molar-refractivity contribution in [2.45, 2.75) is 46.5 Å². The average molecular weight is 374 g/mol. The van der Waals surface area contributed by atoms with Crippen molar-refractivity contribution >= 4 is 17.6 Å². The van der Waals surface area contributed by atoms with E-state index in [4.69, 9.17) is 0 Å². The molecule has 0 spiro atoms. The predicted octanol–water partition coefficient (Wildman–Crippen LogP) is 2.09. The number of carbonyl (C=O) groups excluding carboxylic acids is 2. The largest absolute Gasteiger partial charge is 0.352 e. The minimum absolute atomic E-state index is 0.160. The van der Waals surface area contributed by atoms with Crippen molar-refractivity contribution < 1.29 is 9.59 Å². The van der Waals surface area contributed by atoms with Crippen LogP contribution in [0.1, 0.15) is 56.9 Å². The van der Waals surface area contributed by atoms with Gasteiger partial charge in [-0.1, -0.05) is 33.6 Å². The van der Waals surface area contributed by atoms with Gasteiger partial charge < -0.3 is 15.1 Å². The number of amides is 2. The Bertz CT molecular complexity index is 661. The van der Waals surface area contributed by atoms with Crippen LogP contribution in [0.4, 0.5) is 5.82 Å². The van der Waals surface area contributed by atoms with Gasteiger partial charge in [-0.05, 0) is 30.9 Å². The Labute approximate surface area is 161 Å². The fraction of sp³-hybridized carbons (Fsp3) is 0.700. The van der Waals surface area contributed by atoms with Crippen LogP contribution in [-0.2, 0) is 4.79 Å². The fourth-order valence-corrected chi connectivity index (χ4v) is 3.22. The van der Waals surface area contributed by atoms with Gasteiger partial charge in [0.1, 0.15) is 0 Å². The van der Waals surface area contributed by atoms with Crippen LogP contribution in [-0.4, -0.2) is 59.6 Å². The van der Waals surface area contributed by atoms with Crippen LogP contribution in [0.3, 0.4) is 0 Å². The summed E-state index contributed by atoms with van der Waals surface area (Å²) in [5.74, 6) is 1.61. The van der Waals surface area contributed by atoms with Gasteiger partial charge in [-0.25, -0.2) is 0 Å². The number of aromatic nitrogens is 2. The first-order chi connectivity index (χ1) is 12.9. The molecule has 1 aliphatic carbocycles. The Morgan fingerprint density at radius 1 is 1.15 bits per heavy atom. The van der Waals surface area contributed by atoms with Crippen molar-refractivity contribution in [1.82, 2.24) is 20.4 Å². The summed E-state index contributed by atoms with van der Waals surface area (Å²) in [5, 5.41) is 11.2. The quantitative estimate of drug-likeness (QED) is 0.792. The zero-order valence-electron chi connectivity index (χ0n) is 16.7. The smallest absolute Gasteiger partial charge is 0.271 e. The third-order valence-electron chi connectivity index (χ3n) is 5.77. The Kier molecular flexibility index (Phi) is 5.97. The Morgan fingerprint density at radius 3 is 2.41 bits per heavy atom. The molecule has 2 heterocycles. The summed E-state index contributed by atoms with van der Waals surface area (Å²) in [6.07, 6.45) is 4.47. The lowest BCUT2D eigenvalue weighted by Gasteiger charge is -2.38. The molecule has 0 atom stereocenters. The van der Waals surface area contributed by atoms with E-state index in [9.17, 15) is 9.59 Å². The number of nitrogens with zero attached hydrogens (tertiary/aromatic N) is 4. The summed E-state index contributed by atoms with van der Waals surface area (Å²) < 4.78 is 0. The van der Waals surface area contributed by atoms with Crippen LogP contribution < -0.4 is 10.2 Å². The summed E-state index contributed by atoms with van der Waals surface area (Å²) >= 11 is 0. The van der Waals surface area contributed by atoms with Gasteiger partial charge in [0.05, 0.1) is 0 Å². The van der Waals surface area contributed by atoms with Gasteiger partial charge >= 0.3 is 0 Å². The van der Waals surface area contributed by atoms with E-state index in [-0.39, 0.29) is 17.2 Å². The van der Waals surface area contributed by atoms with Gasteiger partial charge in [-0.15, -0.1) is 10.2 Å². The zero-order valence-corrected chi connectivity index (χ0v) is 16.7. The van der Waals surface area contributed by atoms with Gasteiger partial charge in [0, 0.05) is 38.1 Å². The average Bonchev–Trinajstić information content (AvgIpc) is 3.52. The molecule has 1 saturated heterocycles. The third-order valence-corrected chi connectivity index (χ3v) is 5.77. The van der Waals surface area contributed by atoms with Gasteiger partial charge in [0.2, 0.25) is 5.91 Å². The molecule has 1 aromatic heterocycles. The Hall–Kier alpha value is -2.18. The van der Waals surface area contributed by atoms with E-state index in [1.165, 1.54) is 12.8 Å². The first kappa shape index (κ1) is 19.6. The maximum Gasteiger partial charge on any atom is 0.271 e. The van der Waals surface area contributed by atoms with Gasteiger partial charge in [-0.3, -0.25) is 9.59 Å². The highest BCUT2D eigenvalue weighted by Gasteiger charge is 2.32. The first-order valence-electron chi connectivity index (χ1n) is 10.1. The minimum Gasteiger partial charge on any atom is -0.352 e. The normalized spacial score (nSPS) is 17.7. The summed E-state index contributed by atoms with van der Waals surface area (Å²) in [4.78, 5) is 28.7. The SMILES string of the molecule is CCC(C)(C)C(=O)N1CCN(c2ccc(C(=O)NCCC3CC3)nn2)CC1. The lowest BCUT2D eigenvalue weighted by molar-refractivity contribution is -0.140. The molecule has 1 N–H and O–H groups in total. The molecule has 1 aromatic rings. The number of nitrogens with one attached hydrogen (secondary N) is 1. The van der Waals surface area contributed by atoms with E-state index in [2.05, 4.69) is 20.4 Å². The second-order valence-corrected chi connectivity index (χ2v) is 8.28. The molecule has 3 rings (SSSR count). The van der Waals surface area contributed by atoms with Crippen LogP contribution in [0.2, 0.25) is 0 Å². The van der Waals surface area contributed by atoms with Gasteiger partial charge in [0.15, 0.2) is 11.5 Å². The Morgan fingerprint density at radius 2 is 1.85 bits per heavy atom. The summed E-state index contributed by atoms with van der Waals surface area (Å²) in [5.41, 5.74) is 0.0456. The molecular formula is C20H31N5O2. The molecule has 2 fully saturated rings. The number of anilines is 1. The van der Waals surface area contributed by atoms with Crippen molar-refractivity contribution in [2.75, 3.05) is 37.6 Å². The lowest BCUT2D eigenvalue weighted by Crippen LogP contribution is -2.52. The van der Waals surface area contributed by atoms with Crippen LogP contribution in [0, 0.1) is 11.3 Å². The van der Waals surface area contributed by atoms with Crippen molar-refractivity contribution in [2.24, 2.45) is 11.3 Å². The standard InChI is InChI=1S/C20H31N5O2/c1-4-20(2,3)19(27)25-13-11-24(12-14-25)17-8-7-16(22-23-17)18(26)21-10-9-15-5-6-15/h7-8,15H,4-6,9-14H2,1-3H3,(H,21,26). The Balaban J connectivity index is 1.49. The van der Waals surface area contributed by atoms with Crippen LogP contribution >= 0.6 is 0 Å². The van der Waals surface area contributed by atoms with E-state index < -0.39 is 0 Å². The van der Waals surface area contributed by atoms with E-state index in [1.54, 1.807) is 6.07 Å². The molecular weight excluding hydrogens is 342 g/mol. The van der Waals surface area contributed by atoms with E-state index in [1.807, 2.05) is 31.7 Å². The molecule has 27 heavy (non-hydrogen) atoms. The minimum atomic E-state index is -0.309. The molecule has 148 valence electrons. The van der Waals surface area contributed by atoms with Crippen LogP contribution in [0.15, 0.2) is 12.1 Å². The molecule has 0 bridgehead atoms. The molecule has 0 aromatic carbocycles. The highest BCUT2D eigenvalue weighted by Crippen LogP contribution is 2.31. The second-order valence-electron chi connectivity index (χ2n) is 8.28. The summed E-state index contributed by atoms with van der Waals surface area (Å²) in [6, 6.07) is 3.57. The molecule has 0 unspecified atom stereocenters. The highest BCUT2D eigenvalue weighted by atomic mass is 16.2. The van der Waals surface area contributed by atoms with E-state index >= 15 is 0 Å².